The average Bonchev–Trinajstić information content (AvgIpc) is 3.81. The zero-order chi connectivity index (χ0) is 27.9. The van der Waals surface area contributed by atoms with Gasteiger partial charge in [-0.3, -0.25) is 0 Å². The van der Waals surface area contributed by atoms with Crippen LogP contribution in [0.5, 0.6) is 5.75 Å². The Kier molecular flexibility index (Phi) is 6.25. The summed E-state index contributed by atoms with van der Waals surface area (Å²) in [5, 5.41) is 2.44. The largest absolute Gasteiger partial charge is 0.473 e. The van der Waals surface area contributed by atoms with E-state index in [1.165, 1.54) is 59.0 Å². The van der Waals surface area contributed by atoms with Crippen LogP contribution in [0.25, 0.3) is 16.3 Å². The standard InChI is InChI=1S/C39H36N2O/c1-2-10-29(11-3-1)36-28-39(31-15-19-33(20-16-31)40-24-6-7-25-40,32-17-21-34(22-18-32)41-26-8-9-27-41)42-37-23-14-30-12-4-5-13-35(30)38(36)37/h1-5,10-23,28H,6-9,24-27H2. The third kappa shape index (κ3) is 4.27. The van der Waals surface area contributed by atoms with Gasteiger partial charge in [0.1, 0.15) is 5.75 Å². The normalized spacial score (nSPS) is 17.7. The molecular weight excluding hydrogens is 512 g/mol. The summed E-state index contributed by atoms with van der Waals surface area (Å²) in [4.78, 5) is 4.99. The fraction of sp³-hybridized carbons (Fsp3) is 0.231. The van der Waals surface area contributed by atoms with Crippen molar-refractivity contribution < 1.29 is 4.74 Å². The lowest BCUT2D eigenvalue weighted by Crippen LogP contribution is -2.35. The molecule has 0 saturated carbocycles. The van der Waals surface area contributed by atoms with E-state index < -0.39 is 5.60 Å². The maximum atomic E-state index is 7.28. The fourth-order valence-electron chi connectivity index (χ4n) is 7.18. The van der Waals surface area contributed by atoms with E-state index in [-0.39, 0.29) is 0 Å². The summed E-state index contributed by atoms with van der Waals surface area (Å²) in [5.41, 5.74) is 7.69. The molecule has 42 heavy (non-hydrogen) atoms. The summed E-state index contributed by atoms with van der Waals surface area (Å²) < 4.78 is 7.28. The number of hydrogen-bond acceptors (Lipinski definition) is 3. The molecule has 0 spiro atoms. The van der Waals surface area contributed by atoms with E-state index in [0.717, 1.165) is 48.6 Å². The number of hydrogen-bond donors (Lipinski definition) is 0. The van der Waals surface area contributed by atoms with Crippen molar-refractivity contribution in [1.29, 1.82) is 0 Å². The topological polar surface area (TPSA) is 15.7 Å². The molecule has 0 aromatic heterocycles. The van der Waals surface area contributed by atoms with Crippen molar-refractivity contribution in [3.8, 4) is 5.75 Å². The second-order valence-corrected chi connectivity index (χ2v) is 11.9. The van der Waals surface area contributed by atoms with E-state index in [9.17, 15) is 0 Å². The van der Waals surface area contributed by atoms with Crippen molar-refractivity contribution in [1.82, 2.24) is 0 Å². The number of nitrogens with zero attached hydrogens (tertiary/aromatic N) is 2. The van der Waals surface area contributed by atoms with Gasteiger partial charge in [0.15, 0.2) is 5.60 Å². The zero-order valence-electron chi connectivity index (χ0n) is 24.0. The Morgan fingerprint density at radius 3 is 1.67 bits per heavy atom. The first-order valence-corrected chi connectivity index (χ1v) is 15.5. The molecule has 0 radical (unpaired) electrons. The van der Waals surface area contributed by atoms with Crippen molar-refractivity contribution in [3.05, 3.63) is 144 Å². The summed E-state index contributed by atoms with van der Waals surface area (Å²) in [6, 6.07) is 42.1. The van der Waals surface area contributed by atoms with Gasteiger partial charge in [-0.2, -0.15) is 0 Å². The van der Waals surface area contributed by atoms with Crippen molar-refractivity contribution in [2.75, 3.05) is 36.0 Å². The maximum Gasteiger partial charge on any atom is 0.178 e. The van der Waals surface area contributed by atoms with Crippen LogP contribution in [0, 0.1) is 0 Å². The molecule has 0 aliphatic carbocycles. The van der Waals surface area contributed by atoms with Gasteiger partial charge in [0, 0.05) is 54.2 Å². The molecular formula is C39H36N2O. The Labute approximate surface area is 248 Å². The Morgan fingerprint density at radius 1 is 0.524 bits per heavy atom. The average molecular weight is 549 g/mol. The summed E-state index contributed by atoms with van der Waals surface area (Å²) >= 11 is 0. The van der Waals surface area contributed by atoms with Crippen LogP contribution in [-0.2, 0) is 5.60 Å². The molecule has 8 rings (SSSR count). The fourth-order valence-corrected chi connectivity index (χ4v) is 7.18. The van der Waals surface area contributed by atoms with Crippen LogP contribution in [0.2, 0.25) is 0 Å². The lowest BCUT2D eigenvalue weighted by molar-refractivity contribution is 0.160. The molecule has 208 valence electrons. The zero-order valence-corrected chi connectivity index (χ0v) is 24.0. The van der Waals surface area contributed by atoms with Gasteiger partial charge in [0.2, 0.25) is 0 Å². The van der Waals surface area contributed by atoms with E-state index in [0.29, 0.717) is 0 Å². The predicted octanol–water partition coefficient (Wildman–Crippen LogP) is 8.81. The lowest BCUT2D eigenvalue weighted by Gasteiger charge is -2.39. The van der Waals surface area contributed by atoms with Crippen LogP contribution in [0.15, 0.2) is 121 Å². The SMILES string of the molecule is C1=C(c2ccccc2)c2c(ccc3ccccc23)OC1(c1ccc(N2CCCC2)cc1)c1ccc(N2CCCC2)cc1. The third-order valence-corrected chi connectivity index (χ3v) is 9.40. The van der Waals surface area contributed by atoms with Gasteiger partial charge in [-0.15, -0.1) is 0 Å². The molecule has 3 heterocycles. The number of fused-ring (bicyclic) bond motifs is 3. The van der Waals surface area contributed by atoms with Crippen molar-refractivity contribution in [2.45, 2.75) is 31.3 Å². The van der Waals surface area contributed by atoms with Gasteiger partial charge >= 0.3 is 0 Å². The number of anilines is 2. The molecule has 2 saturated heterocycles. The van der Waals surface area contributed by atoms with Crippen LogP contribution in [0.4, 0.5) is 11.4 Å². The minimum Gasteiger partial charge on any atom is -0.473 e. The molecule has 3 nitrogen and oxygen atoms in total. The highest BCUT2D eigenvalue weighted by molar-refractivity contribution is 6.01. The molecule has 0 unspecified atom stereocenters. The smallest absolute Gasteiger partial charge is 0.178 e. The van der Waals surface area contributed by atoms with E-state index in [4.69, 9.17) is 4.74 Å². The minimum absolute atomic E-state index is 0.770. The van der Waals surface area contributed by atoms with E-state index in [2.05, 4.69) is 131 Å². The molecule has 0 bridgehead atoms. The van der Waals surface area contributed by atoms with E-state index in [1.807, 2.05) is 0 Å². The van der Waals surface area contributed by atoms with Crippen LogP contribution in [0.1, 0.15) is 47.9 Å². The first kappa shape index (κ1) is 25.2. The molecule has 0 amide bonds. The van der Waals surface area contributed by atoms with Gasteiger partial charge in [0.25, 0.3) is 0 Å². The van der Waals surface area contributed by atoms with Gasteiger partial charge < -0.3 is 14.5 Å². The first-order valence-electron chi connectivity index (χ1n) is 15.5. The Balaban J connectivity index is 1.34. The Bertz CT molecular complexity index is 1680. The molecule has 3 aliphatic rings. The molecule has 0 atom stereocenters. The van der Waals surface area contributed by atoms with Gasteiger partial charge in [-0.1, -0.05) is 84.9 Å². The number of benzene rings is 5. The van der Waals surface area contributed by atoms with Gasteiger partial charge in [-0.25, -0.2) is 0 Å². The van der Waals surface area contributed by atoms with Crippen LogP contribution in [-0.4, -0.2) is 26.2 Å². The lowest BCUT2D eigenvalue weighted by atomic mass is 9.79. The van der Waals surface area contributed by atoms with Gasteiger partial charge in [-0.05, 0) is 84.0 Å². The van der Waals surface area contributed by atoms with Crippen molar-refractivity contribution in [2.24, 2.45) is 0 Å². The number of ether oxygens (including phenoxy) is 1. The highest BCUT2D eigenvalue weighted by Crippen LogP contribution is 2.49. The van der Waals surface area contributed by atoms with Crippen molar-refractivity contribution in [3.63, 3.8) is 0 Å². The predicted molar refractivity (Wildman–Crippen MR) is 175 cm³/mol. The summed E-state index contributed by atoms with van der Waals surface area (Å²) in [5.74, 6) is 0.919. The van der Waals surface area contributed by atoms with Crippen LogP contribution >= 0.6 is 0 Å². The molecule has 0 N–H and O–H groups in total. The summed E-state index contributed by atoms with van der Waals surface area (Å²) in [6.07, 6.45) is 7.46. The molecule has 5 aromatic carbocycles. The summed E-state index contributed by atoms with van der Waals surface area (Å²) in [6.45, 7) is 4.55. The van der Waals surface area contributed by atoms with Crippen molar-refractivity contribution >= 4 is 27.7 Å². The second kappa shape index (κ2) is 10.4. The van der Waals surface area contributed by atoms with E-state index in [1.54, 1.807) is 0 Å². The molecule has 3 aliphatic heterocycles. The maximum absolute atomic E-state index is 7.28. The Morgan fingerprint density at radius 2 is 1.07 bits per heavy atom. The van der Waals surface area contributed by atoms with Gasteiger partial charge in [0.05, 0.1) is 0 Å². The first-order chi connectivity index (χ1) is 20.8. The van der Waals surface area contributed by atoms with Crippen LogP contribution in [0.3, 0.4) is 0 Å². The summed E-state index contributed by atoms with van der Waals surface area (Å²) in [7, 11) is 0. The number of rotatable bonds is 5. The van der Waals surface area contributed by atoms with E-state index >= 15 is 0 Å². The highest BCUT2D eigenvalue weighted by atomic mass is 16.5. The highest BCUT2D eigenvalue weighted by Gasteiger charge is 2.40. The molecule has 5 aromatic rings. The second-order valence-electron chi connectivity index (χ2n) is 11.9. The van der Waals surface area contributed by atoms with Crippen LogP contribution < -0.4 is 14.5 Å². The minimum atomic E-state index is -0.770. The monoisotopic (exact) mass is 548 g/mol. The third-order valence-electron chi connectivity index (χ3n) is 9.40. The molecule has 3 heteroatoms. The Hall–Kier alpha value is -4.50. The molecule has 2 fully saturated rings. The quantitative estimate of drug-likeness (QED) is 0.218.